The van der Waals surface area contributed by atoms with Gasteiger partial charge in [-0.3, -0.25) is 4.99 Å². The van der Waals surface area contributed by atoms with Crippen molar-refractivity contribution in [3.63, 3.8) is 0 Å². The molecule has 122 valence electrons. The van der Waals surface area contributed by atoms with E-state index in [4.69, 9.17) is 9.73 Å². The first kappa shape index (κ1) is 14.9. The summed E-state index contributed by atoms with van der Waals surface area (Å²) in [6.07, 6.45) is 7.84. The molecule has 3 aliphatic rings. The van der Waals surface area contributed by atoms with E-state index in [0.29, 0.717) is 6.42 Å². The van der Waals surface area contributed by atoms with Crippen molar-refractivity contribution in [3.05, 3.63) is 35.9 Å². The smallest absolute Gasteiger partial charge is 0.331 e. The van der Waals surface area contributed by atoms with Crippen molar-refractivity contribution in [2.24, 2.45) is 16.3 Å². The molecule has 0 amide bonds. The Morgan fingerprint density at radius 2 is 2.00 bits per heavy atom. The van der Waals surface area contributed by atoms with Crippen LogP contribution in [-0.4, -0.2) is 23.8 Å². The zero-order valence-electron chi connectivity index (χ0n) is 13.8. The summed E-state index contributed by atoms with van der Waals surface area (Å²) < 4.78 is 5.82. The van der Waals surface area contributed by atoms with Crippen molar-refractivity contribution in [1.82, 2.24) is 0 Å². The molecule has 0 aromatic heterocycles. The number of ether oxygens (including phenoxy) is 1. The number of carbonyl (C=O) groups is 1. The van der Waals surface area contributed by atoms with Crippen molar-refractivity contribution in [2.75, 3.05) is 0 Å². The Morgan fingerprint density at radius 1 is 1.17 bits per heavy atom. The van der Waals surface area contributed by atoms with Crippen LogP contribution in [0.25, 0.3) is 0 Å². The van der Waals surface area contributed by atoms with Gasteiger partial charge in [0.05, 0.1) is 5.71 Å². The van der Waals surface area contributed by atoms with E-state index in [9.17, 15) is 4.79 Å². The molecule has 4 rings (SSSR count). The summed E-state index contributed by atoms with van der Waals surface area (Å²) in [4.78, 5) is 17.4. The molecule has 23 heavy (non-hydrogen) atoms. The van der Waals surface area contributed by atoms with Crippen LogP contribution in [0.3, 0.4) is 0 Å². The minimum Gasteiger partial charge on any atom is -0.455 e. The summed E-state index contributed by atoms with van der Waals surface area (Å²) in [5, 5.41) is 0. The fourth-order valence-corrected chi connectivity index (χ4v) is 4.81. The lowest BCUT2D eigenvalue weighted by molar-refractivity contribution is -0.150. The van der Waals surface area contributed by atoms with Gasteiger partial charge in [-0.25, -0.2) is 4.79 Å². The van der Waals surface area contributed by atoms with Crippen LogP contribution in [0.1, 0.15) is 51.0 Å². The first-order valence-electron chi connectivity index (χ1n) is 8.99. The van der Waals surface area contributed by atoms with Crippen LogP contribution < -0.4 is 0 Å². The Labute approximate surface area is 138 Å². The lowest BCUT2D eigenvalue weighted by atomic mass is 9.58. The average molecular weight is 311 g/mol. The minimum atomic E-state index is -0.360. The zero-order chi connectivity index (χ0) is 15.9. The van der Waals surface area contributed by atoms with Crippen molar-refractivity contribution >= 4 is 11.7 Å². The maximum Gasteiger partial charge on any atom is 0.331 e. The van der Waals surface area contributed by atoms with E-state index in [1.807, 2.05) is 18.2 Å². The van der Waals surface area contributed by atoms with E-state index in [0.717, 1.165) is 17.9 Å². The van der Waals surface area contributed by atoms with Gasteiger partial charge in [0.25, 0.3) is 0 Å². The minimum absolute atomic E-state index is 0.0612. The number of hydrogen-bond acceptors (Lipinski definition) is 3. The maximum absolute atomic E-state index is 12.4. The molecular weight excluding hydrogens is 286 g/mol. The third kappa shape index (κ3) is 2.60. The van der Waals surface area contributed by atoms with Gasteiger partial charge in [-0.1, -0.05) is 50.1 Å². The zero-order valence-corrected chi connectivity index (χ0v) is 13.8. The number of rotatable bonds is 2. The fraction of sp³-hybridized carbons (Fsp3) is 0.600. The third-order valence-electron chi connectivity index (χ3n) is 6.16. The van der Waals surface area contributed by atoms with Gasteiger partial charge in [0.2, 0.25) is 0 Å². The van der Waals surface area contributed by atoms with Crippen molar-refractivity contribution in [1.29, 1.82) is 0 Å². The monoisotopic (exact) mass is 311 g/mol. The Hall–Kier alpha value is -1.64. The van der Waals surface area contributed by atoms with Gasteiger partial charge in [0.1, 0.15) is 6.10 Å². The number of hydrogen-bond donors (Lipinski definition) is 0. The summed E-state index contributed by atoms with van der Waals surface area (Å²) in [6.45, 7) is 2.36. The Balaban J connectivity index is 1.64. The predicted octanol–water partition coefficient (Wildman–Crippen LogP) is 3.95. The van der Waals surface area contributed by atoms with Gasteiger partial charge >= 0.3 is 5.97 Å². The highest BCUT2D eigenvalue weighted by atomic mass is 16.5. The molecule has 0 unspecified atom stereocenters. The number of esters is 1. The van der Waals surface area contributed by atoms with Crippen molar-refractivity contribution in [2.45, 2.75) is 64.0 Å². The summed E-state index contributed by atoms with van der Waals surface area (Å²) in [7, 11) is 0. The molecule has 4 atom stereocenters. The second-order valence-corrected chi connectivity index (χ2v) is 7.58. The van der Waals surface area contributed by atoms with Gasteiger partial charge in [0, 0.05) is 11.8 Å². The molecule has 0 bridgehead atoms. The molecule has 1 aromatic carbocycles. The second kappa shape index (κ2) is 5.77. The number of nitrogens with zero attached hydrogens (tertiary/aromatic N) is 1. The van der Waals surface area contributed by atoms with Crippen molar-refractivity contribution < 1.29 is 9.53 Å². The standard InChI is InChI=1S/C20H25NO2/c1-20-12-6-5-9-15(20)10-11-17-18(20)21-16(19(22)23-17)13-14-7-3-2-4-8-14/h2-4,7-8,15-17H,5-6,9-13H2,1H3/t15-,16+,17-,20+/m0/s1. The molecule has 0 radical (unpaired) electrons. The molecule has 2 fully saturated rings. The summed E-state index contributed by atoms with van der Waals surface area (Å²) >= 11 is 0. The molecule has 2 saturated carbocycles. The molecule has 0 saturated heterocycles. The number of aliphatic imine (C=N–C) groups is 1. The summed E-state index contributed by atoms with van der Waals surface area (Å²) in [6, 6.07) is 9.79. The second-order valence-electron chi connectivity index (χ2n) is 7.58. The van der Waals surface area contributed by atoms with Crippen LogP contribution in [-0.2, 0) is 16.0 Å². The number of benzene rings is 1. The van der Waals surface area contributed by atoms with Gasteiger partial charge in [-0.05, 0) is 37.2 Å². The highest BCUT2D eigenvalue weighted by Gasteiger charge is 2.50. The highest BCUT2D eigenvalue weighted by molar-refractivity contribution is 6.00. The van der Waals surface area contributed by atoms with Gasteiger partial charge in [0.15, 0.2) is 6.04 Å². The lowest BCUT2D eigenvalue weighted by Gasteiger charge is -2.50. The van der Waals surface area contributed by atoms with E-state index >= 15 is 0 Å². The largest absolute Gasteiger partial charge is 0.455 e. The Kier molecular flexibility index (Phi) is 3.74. The molecule has 2 aliphatic carbocycles. The number of fused-ring (bicyclic) bond motifs is 3. The molecular formula is C20H25NO2. The first-order valence-corrected chi connectivity index (χ1v) is 8.99. The van der Waals surface area contributed by atoms with E-state index < -0.39 is 0 Å². The van der Waals surface area contributed by atoms with Crippen LogP contribution in [0.2, 0.25) is 0 Å². The summed E-state index contributed by atoms with van der Waals surface area (Å²) in [5.41, 5.74) is 2.49. The normalized spacial score (nSPS) is 36.5. The quantitative estimate of drug-likeness (QED) is 0.776. The summed E-state index contributed by atoms with van der Waals surface area (Å²) in [5.74, 6) is 0.584. The molecule has 0 N–H and O–H groups in total. The Morgan fingerprint density at radius 3 is 2.83 bits per heavy atom. The van der Waals surface area contributed by atoms with E-state index in [2.05, 4.69) is 19.1 Å². The van der Waals surface area contributed by atoms with Gasteiger partial charge in [-0.15, -0.1) is 0 Å². The maximum atomic E-state index is 12.4. The van der Waals surface area contributed by atoms with E-state index in [-0.39, 0.29) is 23.5 Å². The molecule has 1 aromatic rings. The van der Waals surface area contributed by atoms with Crippen LogP contribution in [0.5, 0.6) is 0 Å². The molecule has 0 spiro atoms. The lowest BCUT2D eigenvalue weighted by Crippen LogP contribution is -2.53. The fourth-order valence-electron chi connectivity index (χ4n) is 4.81. The third-order valence-corrected chi connectivity index (χ3v) is 6.16. The van der Waals surface area contributed by atoms with Crippen LogP contribution >= 0.6 is 0 Å². The SMILES string of the molecule is C[C@@]12CCCC[C@H]1CC[C@@H]1OC(=O)[C@@H](Cc3ccccc3)N=C12. The van der Waals surface area contributed by atoms with Crippen LogP contribution in [0, 0.1) is 11.3 Å². The van der Waals surface area contributed by atoms with E-state index in [1.165, 1.54) is 37.8 Å². The van der Waals surface area contributed by atoms with Crippen LogP contribution in [0.4, 0.5) is 0 Å². The van der Waals surface area contributed by atoms with Crippen LogP contribution in [0.15, 0.2) is 35.3 Å². The average Bonchev–Trinajstić information content (AvgIpc) is 2.56. The molecule has 1 aliphatic heterocycles. The molecule has 1 heterocycles. The first-order chi connectivity index (χ1) is 11.2. The topological polar surface area (TPSA) is 38.7 Å². The number of carbonyl (C=O) groups excluding carboxylic acids is 1. The van der Waals surface area contributed by atoms with Gasteiger partial charge < -0.3 is 4.74 Å². The molecule has 3 nitrogen and oxygen atoms in total. The predicted molar refractivity (Wildman–Crippen MR) is 90.5 cm³/mol. The van der Waals surface area contributed by atoms with Crippen molar-refractivity contribution in [3.8, 4) is 0 Å². The highest BCUT2D eigenvalue weighted by Crippen LogP contribution is 2.50. The van der Waals surface area contributed by atoms with E-state index in [1.54, 1.807) is 0 Å². The molecule has 3 heteroatoms. The van der Waals surface area contributed by atoms with Gasteiger partial charge in [-0.2, -0.15) is 0 Å². The Bertz CT molecular complexity index is 624.